The molecule has 0 fully saturated rings. The first kappa shape index (κ1) is 15.1. The summed E-state index contributed by atoms with van der Waals surface area (Å²) in [5, 5.41) is 0.424. The number of aryl methyl sites for hydroxylation is 1. The zero-order valence-electron chi connectivity index (χ0n) is 11.3. The summed E-state index contributed by atoms with van der Waals surface area (Å²) in [5.74, 6) is -0.837. The number of hydrogen-bond donors (Lipinski definition) is 0. The molecule has 21 heavy (non-hydrogen) atoms. The summed E-state index contributed by atoms with van der Waals surface area (Å²) >= 11 is 0. The van der Waals surface area contributed by atoms with E-state index in [9.17, 15) is 18.0 Å². The number of fused-ring (bicyclic) bond motifs is 1. The molecule has 4 nitrogen and oxygen atoms in total. The van der Waals surface area contributed by atoms with Gasteiger partial charge in [0.2, 0.25) is 0 Å². The molecule has 0 saturated carbocycles. The van der Waals surface area contributed by atoms with E-state index >= 15 is 0 Å². The first-order valence-corrected chi connectivity index (χ1v) is 6.01. The van der Waals surface area contributed by atoms with Crippen LogP contribution < -0.4 is 4.74 Å². The second-order valence-electron chi connectivity index (χ2n) is 4.40. The van der Waals surface area contributed by atoms with E-state index < -0.39 is 12.3 Å². The van der Waals surface area contributed by atoms with E-state index in [0.717, 1.165) is 0 Å². The van der Waals surface area contributed by atoms with Crippen LogP contribution in [0.3, 0.4) is 0 Å². The van der Waals surface area contributed by atoms with Crippen molar-refractivity contribution >= 4 is 16.9 Å². The number of ether oxygens (including phenoxy) is 2. The molecular formula is C14H12F3NO3. The number of alkyl halides is 3. The number of pyridine rings is 1. The lowest BCUT2D eigenvalue weighted by Crippen LogP contribution is -2.17. The Morgan fingerprint density at radius 2 is 2.00 bits per heavy atom. The third-order valence-electron chi connectivity index (χ3n) is 2.79. The summed E-state index contributed by atoms with van der Waals surface area (Å²) in [6.45, 7) is 1.74. The van der Waals surface area contributed by atoms with Crippen molar-refractivity contribution in [2.45, 2.75) is 19.7 Å². The second-order valence-corrected chi connectivity index (χ2v) is 4.40. The molecule has 0 radical (unpaired) electrons. The van der Waals surface area contributed by atoms with Gasteiger partial charge in [0, 0.05) is 11.1 Å². The van der Waals surface area contributed by atoms with Crippen LogP contribution in [0.5, 0.6) is 5.75 Å². The van der Waals surface area contributed by atoms with E-state index in [1.807, 2.05) is 0 Å². The highest BCUT2D eigenvalue weighted by molar-refractivity contribution is 5.87. The molecule has 1 aromatic carbocycles. The predicted molar refractivity (Wildman–Crippen MR) is 68.9 cm³/mol. The molecule has 0 aliphatic rings. The summed E-state index contributed by atoms with van der Waals surface area (Å²) < 4.78 is 45.2. The molecule has 0 atom stereocenters. The summed E-state index contributed by atoms with van der Waals surface area (Å²) in [5.41, 5.74) is 1.69. The fourth-order valence-corrected chi connectivity index (χ4v) is 1.99. The summed E-state index contributed by atoms with van der Waals surface area (Å²) in [6.07, 6.45) is -4.82. The Bertz CT molecular complexity index is 683. The number of nitrogens with zero attached hydrogens (tertiary/aromatic N) is 1. The minimum atomic E-state index is -4.77. The molecule has 1 aromatic heterocycles. The maximum absolute atomic E-state index is 12.3. The van der Waals surface area contributed by atoms with Crippen LogP contribution in [0, 0.1) is 6.92 Å². The smallest absolute Gasteiger partial charge is 0.469 e. The standard InChI is InChI=1S/C14H12F3NO3/c1-8-5-9(6-13(19)20-2)11-7-10(21-14(15,16)17)3-4-12(11)18-8/h3-5,7H,6H2,1-2H3. The Kier molecular flexibility index (Phi) is 4.02. The Hall–Kier alpha value is -2.31. The molecule has 0 bridgehead atoms. The number of benzene rings is 1. The molecule has 2 rings (SSSR count). The van der Waals surface area contributed by atoms with E-state index in [1.54, 1.807) is 13.0 Å². The highest BCUT2D eigenvalue weighted by atomic mass is 19.4. The van der Waals surface area contributed by atoms with Gasteiger partial charge < -0.3 is 9.47 Å². The van der Waals surface area contributed by atoms with Crippen molar-refractivity contribution < 1.29 is 27.4 Å². The number of carbonyl (C=O) groups is 1. The van der Waals surface area contributed by atoms with E-state index in [4.69, 9.17) is 0 Å². The summed E-state index contributed by atoms with van der Waals surface area (Å²) in [7, 11) is 1.25. The van der Waals surface area contributed by atoms with Gasteiger partial charge in [0.1, 0.15) is 5.75 Å². The monoisotopic (exact) mass is 299 g/mol. The van der Waals surface area contributed by atoms with Crippen molar-refractivity contribution in [3.63, 3.8) is 0 Å². The van der Waals surface area contributed by atoms with Crippen LogP contribution in [0.4, 0.5) is 13.2 Å². The van der Waals surface area contributed by atoms with Crippen molar-refractivity contribution in [1.82, 2.24) is 4.98 Å². The van der Waals surface area contributed by atoms with Gasteiger partial charge in [0.25, 0.3) is 0 Å². The van der Waals surface area contributed by atoms with Gasteiger partial charge in [-0.1, -0.05) is 0 Å². The molecular weight excluding hydrogens is 287 g/mol. The van der Waals surface area contributed by atoms with Crippen LogP contribution in [0.15, 0.2) is 24.3 Å². The van der Waals surface area contributed by atoms with E-state index in [-0.39, 0.29) is 12.2 Å². The Morgan fingerprint density at radius 1 is 1.29 bits per heavy atom. The fraction of sp³-hybridized carbons (Fsp3) is 0.286. The lowest BCUT2D eigenvalue weighted by Gasteiger charge is -2.11. The first-order valence-electron chi connectivity index (χ1n) is 6.01. The molecule has 0 aliphatic carbocycles. The Balaban J connectivity index is 2.50. The number of carbonyl (C=O) groups excluding carboxylic acids is 1. The third kappa shape index (κ3) is 3.84. The van der Waals surface area contributed by atoms with E-state index in [1.165, 1.54) is 25.3 Å². The molecule has 112 valence electrons. The molecule has 7 heteroatoms. The molecule has 1 heterocycles. The number of rotatable bonds is 3. The average Bonchev–Trinajstić information content (AvgIpc) is 2.37. The molecule has 0 amide bonds. The fourth-order valence-electron chi connectivity index (χ4n) is 1.99. The van der Waals surface area contributed by atoms with Gasteiger partial charge >= 0.3 is 12.3 Å². The van der Waals surface area contributed by atoms with Gasteiger partial charge in [-0.3, -0.25) is 9.78 Å². The maximum atomic E-state index is 12.3. The molecule has 0 saturated heterocycles. The highest BCUT2D eigenvalue weighted by Crippen LogP contribution is 2.28. The molecule has 0 unspecified atom stereocenters. The lowest BCUT2D eigenvalue weighted by molar-refractivity contribution is -0.274. The van der Waals surface area contributed by atoms with Gasteiger partial charge in [0.15, 0.2) is 0 Å². The van der Waals surface area contributed by atoms with Crippen LogP contribution in [0.2, 0.25) is 0 Å². The lowest BCUT2D eigenvalue weighted by atomic mass is 10.0. The number of hydrogen-bond acceptors (Lipinski definition) is 4. The van der Waals surface area contributed by atoms with Crippen LogP contribution in [-0.2, 0) is 16.0 Å². The quantitative estimate of drug-likeness (QED) is 0.817. The number of aromatic nitrogens is 1. The topological polar surface area (TPSA) is 48.4 Å². The van der Waals surface area contributed by atoms with E-state index in [2.05, 4.69) is 14.5 Å². The minimum absolute atomic E-state index is 0.0498. The first-order chi connectivity index (χ1) is 9.78. The van der Waals surface area contributed by atoms with Gasteiger partial charge in [-0.05, 0) is 36.8 Å². The van der Waals surface area contributed by atoms with Crippen molar-refractivity contribution in [3.05, 3.63) is 35.5 Å². The Labute approximate surface area is 118 Å². The van der Waals surface area contributed by atoms with Gasteiger partial charge in [-0.2, -0.15) is 0 Å². The third-order valence-corrected chi connectivity index (χ3v) is 2.79. The normalized spacial score (nSPS) is 11.5. The molecule has 0 N–H and O–H groups in total. The second kappa shape index (κ2) is 5.59. The van der Waals surface area contributed by atoms with Crippen LogP contribution in [0.1, 0.15) is 11.3 Å². The predicted octanol–water partition coefficient (Wildman–Crippen LogP) is 3.16. The minimum Gasteiger partial charge on any atom is -0.469 e. The van der Waals surface area contributed by atoms with Crippen LogP contribution >= 0.6 is 0 Å². The van der Waals surface area contributed by atoms with Crippen LogP contribution in [0.25, 0.3) is 10.9 Å². The maximum Gasteiger partial charge on any atom is 0.573 e. The highest BCUT2D eigenvalue weighted by Gasteiger charge is 2.31. The van der Waals surface area contributed by atoms with Gasteiger partial charge in [-0.15, -0.1) is 13.2 Å². The number of halogens is 3. The number of esters is 1. The SMILES string of the molecule is COC(=O)Cc1cc(C)nc2ccc(OC(F)(F)F)cc12. The van der Waals surface area contributed by atoms with Gasteiger partial charge in [-0.25, -0.2) is 0 Å². The van der Waals surface area contributed by atoms with Crippen molar-refractivity contribution in [1.29, 1.82) is 0 Å². The van der Waals surface area contributed by atoms with Gasteiger partial charge in [0.05, 0.1) is 19.0 Å². The molecule has 0 aliphatic heterocycles. The van der Waals surface area contributed by atoms with E-state index in [0.29, 0.717) is 22.2 Å². The summed E-state index contributed by atoms with van der Waals surface area (Å²) in [6, 6.07) is 5.46. The average molecular weight is 299 g/mol. The van der Waals surface area contributed by atoms with Crippen molar-refractivity contribution in [2.24, 2.45) is 0 Å². The molecule has 2 aromatic rings. The summed E-state index contributed by atoms with van der Waals surface area (Å²) in [4.78, 5) is 15.6. The number of methoxy groups -OCH3 is 1. The van der Waals surface area contributed by atoms with Crippen molar-refractivity contribution in [2.75, 3.05) is 7.11 Å². The van der Waals surface area contributed by atoms with Crippen LogP contribution in [-0.4, -0.2) is 24.4 Å². The Morgan fingerprint density at radius 3 is 2.62 bits per heavy atom. The zero-order valence-corrected chi connectivity index (χ0v) is 11.3. The largest absolute Gasteiger partial charge is 0.573 e. The molecule has 0 spiro atoms. The van der Waals surface area contributed by atoms with Crippen molar-refractivity contribution in [3.8, 4) is 5.75 Å². The zero-order chi connectivity index (χ0) is 15.6.